The highest BCUT2D eigenvalue weighted by atomic mass is 32.2. The van der Waals surface area contributed by atoms with Crippen molar-refractivity contribution in [2.45, 2.75) is 18.6 Å². The summed E-state index contributed by atoms with van der Waals surface area (Å²) < 4.78 is 25.2. The Kier molecular flexibility index (Phi) is 5.11. The van der Waals surface area contributed by atoms with Crippen LogP contribution in [0.15, 0.2) is 30.3 Å². The van der Waals surface area contributed by atoms with Gasteiger partial charge in [0.05, 0.1) is 5.25 Å². The van der Waals surface area contributed by atoms with Crippen LogP contribution in [-0.4, -0.2) is 38.1 Å². The predicted octanol–water partition coefficient (Wildman–Crippen LogP) is 0.838. The number of sulfonamides is 1. The molecule has 96 valence electrons. The number of nitrogens with zero attached hydrogens (tertiary/aromatic N) is 1. The van der Waals surface area contributed by atoms with Crippen LogP contribution in [0, 0.1) is 0 Å². The summed E-state index contributed by atoms with van der Waals surface area (Å²) in [5.41, 5.74) is 6.53. The first kappa shape index (κ1) is 14.2. The standard InChI is InChI=1S/C12H20N2O2S/c1-11(10-13)17(15,16)14(2)9-8-12-6-4-3-5-7-12/h3-7,11H,8-10,13H2,1-2H3. The van der Waals surface area contributed by atoms with Crippen molar-refractivity contribution in [2.75, 3.05) is 20.1 Å². The summed E-state index contributed by atoms with van der Waals surface area (Å²) in [6.07, 6.45) is 0.716. The van der Waals surface area contributed by atoms with Gasteiger partial charge < -0.3 is 5.73 Å². The maximum Gasteiger partial charge on any atom is 0.217 e. The summed E-state index contributed by atoms with van der Waals surface area (Å²) in [5, 5.41) is -0.525. The van der Waals surface area contributed by atoms with Crippen LogP contribution in [0.5, 0.6) is 0 Å². The Balaban J connectivity index is 2.59. The smallest absolute Gasteiger partial charge is 0.217 e. The molecule has 17 heavy (non-hydrogen) atoms. The molecule has 0 radical (unpaired) electrons. The average molecular weight is 256 g/mol. The minimum absolute atomic E-state index is 0.151. The summed E-state index contributed by atoms with van der Waals surface area (Å²) in [4.78, 5) is 0. The molecule has 0 fully saturated rings. The lowest BCUT2D eigenvalue weighted by molar-refractivity contribution is 0.463. The van der Waals surface area contributed by atoms with E-state index in [9.17, 15) is 8.42 Å². The van der Waals surface area contributed by atoms with Crippen LogP contribution in [0.4, 0.5) is 0 Å². The second-order valence-electron chi connectivity index (χ2n) is 4.15. The molecule has 0 spiro atoms. The van der Waals surface area contributed by atoms with E-state index in [4.69, 9.17) is 5.73 Å². The molecule has 0 saturated carbocycles. The Morgan fingerprint density at radius 1 is 1.29 bits per heavy atom. The highest BCUT2D eigenvalue weighted by molar-refractivity contribution is 7.89. The lowest BCUT2D eigenvalue weighted by Crippen LogP contribution is -2.39. The Labute approximate surface area is 103 Å². The first-order chi connectivity index (χ1) is 7.98. The van der Waals surface area contributed by atoms with Crippen molar-refractivity contribution in [3.63, 3.8) is 0 Å². The fraction of sp³-hybridized carbons (Fsp3) is 0.500. The van der Waals surface area contributed by atoms with Gasteiger partial charge >= 0.3 is 0 Å². The molecular formula is C12H20N2O2S. The van der Waals surface area contributed by atoms with E-state index >= 15 is 0 Å². The summed E-state index contributed by atoms with van der Waals surface area (Å²) in [6, 6.07) is 9.83. The summed E-state index contributed by atoms with van der Waals surface area (Å²) in [5.74, 6) is 0. The van der Waals surface area contributed by atoms with Crippen LogP contribution in [0.2, 0.25) is 0 Å². The monoisotopic (exact) mass is 256 g/mol. The minimum Gasteiger partial charge on any atom is -0.329 e. The van der Waals surface area contributed by atoms with Crippen molar-refractivity contribution < 1.29 is 8.42 Å². The summed E-state index contributed by atoms with van der Waals surface area (Å²) in [6.45, 7) is 2.27. The molecule has 1 unspecified atom stereocenters. The van der Waals surface area contributed by atoms with Crippen LogP contribution in [0.1, 0.15) is 12.5 Å². The topological polar surface area (TPSA) is 63.4 Å². The van der Waals surface area contributed by atoms with E-state index in [2.05, 4.69) is 0 Å². The molecule has 0 aromatic heterocycles. The normalized spacial score (nSPS) is 13.9. The second-order valence-corrected chi connectivity index (χ2v) is 6.61. The van der Waals surface area contributed by atoms with Crippen molar-refractivity contribution in [3.05, 3.63) is 35.9 Å². The van der Waals surface area contributed by atoms with Gasteiger partial charge in [-0.15, -0.1) is 0 Å². The molecule has 1 atom stereocenters. The zero-order valence-electron chi connectivity index (χ0n) is 10.3. The van der Waals surface area contributed by atoms with E-state index < -0.39 is 15.3 Å². The van der Waals surface area contributed by atoms with E-state index in [0.29, 0.717) is 13.0 Å². The molecule has 1 aromatic carbocycles. The maximum absolute atomic E-state index is 11.9. The Bertz CT molecular complexity index is 431. The van der Waals surface area contributed by atoms with E-state index in [0.717, 1.165) is 5.56 Å². The van der Waals surface area contributed by atoms with Gasteiger partial charge in [0.2, 0.25) is 10.0 Å². The number of hydrogen-bond acceptors (Lipinski definition) is 3. The second kappa shape index (κ2) is 6.14. The fourth-order valence-corrected chi connectivity index (χ4v) is 2.69. The molecule has 0 aliphatic rings. The first-order valence-corrected chi connectivity index (χ1v) is 7.18. The Morgan fingerprint density at radius 3 is 2.41 bits per heavy atom. The molecule has 0 aliphatic heterocycles. The molecule has 0 heterocycles. The molecule has 0 aliphatic carbocycles. The van der Waals surface area contributed by atoms with Crippen LogP contribution >= 0.6 is 0 Å². The van der Waals surface area contributed by atoms with E-state index in [-0.39, 0.29) is 6.54 Å². The third kappa shape index (κ3) is 3.80. The van der Waals surface area contributed by atoms with E-state index in [1.807, 2.05) is 30.3 Å². The molecular weight excluding hydrogens is 236 g/mol. The number of hydrogen-bond donors (Lipinski definition) is 1. The van der Waals surface area contributed by atoms with Crippen LogP contribution in [0.3, 0.4) is 0 Å². The van der Waals surface area contributed by atoms with Crippen LogP contribution in [-0.2, 0) is 16.4 Å². The zero-order valence-corrected chi connectivity index (χ0v) is 11.2. The Morgan fingerprint density at radius 2 is 1.88 bits per heavy atom. The largest absolute Gasteiger partial charge is 0.329 e. The quantitative estimate of drug-likeness (QED) is 0.820. The molecule has 1 rings (SSSR count). The summed E-state index contributed by atoms with van der Waals surface area (Å²) in [7, 11) is -1.65. The molecule has 0 bridgehead atoms. The van der Waals surface area contributed by atoms with Gasteiger partial charge in [0.1, 0.15) is 0 Å². The third-order valence-corrected chi connectivity index (χ3v) is 5.09. The van der Waals surface area contributed by atoms with E-state index in [1.54, 1.807) is 14.0 Å². The van der Waals surface area contributed by atoms with Gasteiger partial charge in [-0.2, -0.15) is 0 Å². The summed E-state index contributed by atoms with van der Waals surface area (Å²) >= 11 is 0. The van der Waals surface area contributed by atoms with Gasteiger partial charge in [-0.05, 0) is 18.9 Å². The third-order valence-electron chi connectivity index (χ3n) is 2.83. The van der Waals surface area contributed by atoms with Crippen molar-refractivity contribution >= 4 is 10.0 Å². The van der Waals surface area contributed by atoms with Gasteiger partial charge in [0.25, 0.3) is 0 Å². The highest BCUT2D eigenvalue weighted by Crippen LogP contribution is 2.08. The van der Waals surface area contributed by atoms with Gasteiger partial charge in [0.15, 0.2) is 0 Å². The molecule has 1 aromatic rings. The number of nitrogens with two attached hydrogens (primary N) is 1. The number of benzene rings is 1. The first-order valence-electron chi connectivity index (χ1n) is 5.67. The molecule has 4 nitrogen and oxygen atoms in total. The van der Waals surface area contributed by atoms with Gasteiger partial charge in [-0.1, -0.05) is 30.3 Å². The lowest BCUT2D eigenvalue weighted by Gasteiger charge is -2.20. The molecule has 2 N–H and O–H groups in total. The lowest BCUT2D eigenvalue weighted by atomic mass is 10.2. The van der Waals surface area contributed by atoms with Crippen LogP contribution < -0.4 is 5.73 Å². The van der Waals surface area contributed by atoms with Crippen molar-refractivity contribution in [1.82, 2.24) is 4.31 Å². The highest BCUT2D eigenvalue weighted by Gasteiger charge is 2.24. The minimum atomic E-state index is -3.25. The number of rotatable bonds is 6. The molecule has 0 saturated heterocycles. The zero-order chi connectivity index (χ0) is 12.9. The Hall–Kier alpha value is -0.910. The van der Waals surface area contributed by atoms with Crippen molar-refractivity contribution in [1.29, 1.82) is 0 Å². The maximum atomic E-state index is 11.9. The van der Waals surface area contributed by atoms with Gasteiger partial charge in [-0.25, -0.2) is 12.7 Å². The predicted molar refractivity (Wildman–Crippen MR) is 70.2 cm³/mol. The number of likely N-dealkylation sites (N-methyl/N-ethyl adjacent to an activating group) is 1. The van der Waals surface area contributed by atoms with Crippen molar-refractivity contribution in [2.24, 2.45) is 5.73 Å². The van der Waals surface area contributed by atoms with Crippen LogP contribution in [0.25, 0.3) is 0 Å². The SMILES string of the molecule is CC(CN)S(=O)(=O)N(C)CCc1ccccc1. The molecule has 0 amide bonds. The van der Waals surface area contributed by atoms with E-state index in [1.165, 1.54) is 4.31 Å². The van der Waals surface area contributed by atoms with Crippen molar-refractivity contribution in [3.8, 4) is 0 Å². The van der Waals surface area contributed by atoms with Gasteiger partial charge in [0, 0.05) is 20.1 Å². The molecule has 5 heteroatoms. The fourth-order valence-electron chi connectivity index (χ4n) is 1.49. The average Bonchev–Trinajstić information content (AvgIpc) is 2.35. The van der Waals surface area contributed by atoms with Gasteiger partial charge in [-0.3, -0.25) is 0 Å².